The molecule has 1 aromatic rings. The van der Waals surface area contributed by atoms with Gasteiger partial charge in [-0.05, 0) is 36.6 Å². The van der Waals surface area contributed by atoms with Gasteiger partial charge in [-0.2, -0.15) is 0 Å². The Hall–Kier alpha value is -1.71. The first-order valence-corrected chi connectivity index (χ1v) is 7.02. The van der Waals surface area contributed by atoms with Crippen LogP contribution in [0.5, 0.6) is 0 Å². The zero-order valence-electron chi connectivity index (χ0n) is 13.1. The number of rotatable bonds is 2. The van der Waals surface area contributed by atoms with Crippen LogP contribution >= 0.6 is 0 Å². The third kappa shape index (κ3) is 2.85. The van der Waals surface area contributed by atoms with E-state index in [1.54, 1.807) is 13.1 Å². The Morgan fingerprint density at radius 2 is 1.81 bits per heavy atom. The average molecular weight is 293 g/mol. The number of allylic oxidation sites excluding steroid dienone is 1. The summed E-state index contributed by atoms with van der Waals surface area (Å²) in [6.45, 7) is 5.54. The van der Waals surface area contributed by atoms with E-state index in [-0.39, 0.29) is 11.7 Å². The van der Waals surface area contributed by atoms with Gasteiger partial charge in [-0.15, -0.1) is 0 Å². The first-order chi connectivity index (χ1) is 9.63. The molecule has 2 rings (SSSR count). The van der Waals surface area contributed by atoms with Gasteiger partial charge in [0.15, 0.2) is 17.4 Å². The predicted molar refractivity (Wildman–Crippen MR) is 79.0 cm³/mol. The number of hydrogen-bond acceptors (Lipinski definition) is 2. The molecule has 1 aromatic carbocycles. The van der Waals surface area contributed by atoms with E-state index in [0.717, 1.165) is 0 Å². The fourth-order valence-electron chi connectivity index (χ4n) is 3.00. The molecule has 21 heavy (non-hydrogen) atoms. The largest absolute Gasteiger partial charge is 0.383 e. The molecule has 1 aliphatic rings. The van der Waals surface area contributed by atoms with Gasteiger partial charge in [0.1, 0.15) is 0 Å². The Kier molecular flexibility index (Phi) is 3.91. The molecule has 0 bridgehead atoms. The Labute approximate surface area is 124 Å². The maximum Gasteiger partial charge on any atom is 0.166 e. The molecule has 114 valence electrons. The summed E-state index contributed by atoms with van der Waals surface area (Å²) in [6, 6.07) is 2.43. The van der Waals surface area contributed by atoms with Crippen LogP contribution in [0.3, 0.4) is 0 Å². The normalized spacial score (nSPS) is 22.9. The summed E-state index contributed by atoms with van der Waals surface area (Å²) in [6.07, 6.45) is 2.40. The highest BCUT2D eigenvalue weighted by Crippen LogP contribution is 2.48. The SMILES string of the molecule is Cc1cc(F)c(F)cc1C1CC(C)(C)C(=O)/C1=C\N(C)C. The van der Waals surface area contributed by atoms with Crippen molar-refractivity contribution in [3.63, 3.8) is 0 Å². The molecule has 1 fully saturated rings. The van der Waals surface area contributed by atoms with Crippen LogP contribution < -0.4 is 0 Å². The van der Waals surface area contributed by atoms with E-state index in [1.807, 2.05) is 32.8 Å². The smallest absolute Gasteiger partial charge is 0.166 e. The van der Waals surface area contributed by atoms with Crippen LogP contribution in [0, 0.1) is 24.0 Å². The summed E-state index contributed by atoms with van der Waals surface area (Å²) in [5.41, 5.74) is 1.55. The van der Waals surface area contributed by atoms with Gasteiger partial charge in [-0.25, -0.2) is 8.78 Å². The average Bonchev–Trinajstić information content (AvgIpc) is 2.57. The van der Waals surface area contributed by atoms with E-state index in [0.29, 0.717) is 23.1 Å². The van der Waals surface area contributed by atoms with Gasteiger partial charge in [0.05, 0.1) is 0 Å². The minimum atomic E-state index is -0.864. The van der Waals surface area contributed by atoms with Crippen molar-refractivity contribution in [3.05, 3.63) is 46.7 Å². The maximum atomic E-state index is 13.6. The number of aryl methyl sites for hydroxylation is 1. The Balaban J connectivity index is 2.56. The third-order valence-corrected chi connectivity index (χ3v) is 4.05. The van der Waals surface area contributed by atoms with Gasteiger partial charge in [0, 0.05) is 37.2 Å². The minimum Gasteiger partial charge on any atom is -0.383 e. The number of carbonyl (C=O) groups is 1. The Morgan fingerprint density at radius 1 is 1.24 bits per heavy atom. The molecule has 0 heterocycles. The first-order valence-electron chi connectivity index (χ1n) is 7.02. The summed E-state index contributed by atoms with van der Waals surface area (Å²) in [5.74, 6) is -1.83. The van der Waals surface area contributed by atoms with Gasteiger partial charge in [-0.1, -0.05) is 13.8 Å². The van der Waals surface area contributed by atoms with Crippen molar-refractivity contribution < 1.29 is 13.6 Å². The Morgan fingerprint density at radius 3 is 2.38 bits per heavy atom. The molecule has 1 saturated carbocycles. The van der Waals surface area contributed by atoms with Crippen LogP contribution in [0.2, 0.25) is 0 Å². The molecular formula is C17H21F2NO. The van der Waals surface area contributed by atoms with Crippen LogP contribution in [-0.2, 0) is 4.79 Å². The number of hydrogen-bond donors (Lipinski definition) is 0. The molecule has 0 saturated heterocycles. The highest BCUT2D eigenvalue weighted by atomic mass is 19.2. The zero-order chi connectivity index (χ0) is 15.9. The van der Waals surface area contributed by atoms with Gasteiger partial charge < -0.3 is 4.90 Å². The minimum absolute atomic E-state index is 0.0744. The molecule has 0 aliphatic heterocycles. The van der Waals surface area contributed by atoms with Gasteiger partial charge in [0.2, 0.25) is 0 Å². The topological polar surface area (TPSA) is 20.3 Å². The summed E-state index contributed by atoms with van der Waals surface area (Å²) in [5, 5.41) is 0. The number of Topliss-reactive ketones (excluding diaryl/α,β-unsaturated/α-hetero) is 1. The molecule has 4 heteroatoms. The number of halogens is 2. The lowest BCUT2D eigenvalue weighted by atomic mass is 9.86. The van der Waals surface area contributed by atoms with Crippen molar-refractivity contribution in [1.82, 2.24) is 4.90 Å². The standard InChI is InChI=1S/C17H21F2NO/c1-10-6-14(18)15(19)7-11(10)12-8-17(2,3)16(21)13(12)9-20(4)5/h6-7,9,12H,8H2,1-5H3/b13-9-. The van der Waals surface area contributed by atoms with Crippen molar-refractivity contribution in [1.29, 1.82) is 0 Å². The van der Waals surface area contributed by atoms with Gasteiger partial charge >= 0.3 is 0 Å². The third-order valence-electron chi connectivity index (χ3n) is 4.05. The van der Waals surface area contributed by atoms with E-state index >= 15 is 0 Å². The lowest BCUT2D eigenvalue weighted by Gasteiger charge is -2.17. The molecule has 0 N–H and O–H groups in total. The van der Waals surface area contributed by atoms with Crippen molar-refractivity contribution in [2.24, 2.45) is 5.41 Å². The molecule has 2 nitrogen and oxygen atoms in total. The van der Waals surface area contributed by atoms with Crippen LogP contribution in [0.25, 0.3) is 0 Å². The molecule has 1 atom stereocenters. The predicted octanol–water partition coefficient (Wildman–Crippen LogP) is 3.80. The summed E-state index contributed by atoms with van der Waals surface area (Å²) in [4.78, 5) is 14.4. The van der Waals surface area contributed by atoms with Crippen molar-refractivity contribution in [2.45, 2.75) is 33.1 Å². The van der Waals surface area contributed by atoms with E-state index in [4.69, 9.17) is 0 Å². The summed E-state index contributed by atoms with van der Waals surface area (Å²) in [7, 11) is 3.70. The van der Waals surface area contributed by atoms with Crippen molar-refractivity contribution in [2.75, 3.05) is 14.1 Å². The molecule has 0 radical (unpaired) electrons. The first kappa shape index (κ1) is 15.7. The monoisotopic (exact) mass is 293 g/mol. The van der Waals surface area contributed by atoms with E-state index in [1.165, 1.54) is 12.1 Å². The maximum absolute atomic E-state index is 13.6. The second-order valence-corrected chi connectivity index (χ2v) is 6.64. The zero-order valence-corrected chi connectivity index (χ0v) is 13.1. The lowest BCUT2D eigenvalue weighted by molar-refractivity contribution is -0.121. The Bertz CT molecular complexity index is 617. The lowest BCUT2D eigenvalue weighted by Crippen LogP contribution is -2.18. The van der Waals surface area contributed by atoms with Crippen LogP contribution in [0.1, 0.15) is 37.3 Å². The summed E-state index contributed by atoms with van der Waals surface area (Å²) >= 11 is 0. The molecule has 0 aromatic heterocycles. The van der Waals surface area contributed by atoms with E-state index in [9.17, 15) is 13.6 Å². The fraction of sp³-hybridized carbons (Fsp3) is 0.471. The van der Waals surface area contributed by atoms with Crippen molar-refractivity contribution >= 4 is 5.78 Å². The molecule has 0 amide bonds. The molecule has 0 spiro atoms. The number of carbonyl (C=O) groups excluding carboxylic acids is 1. The number of benzene rings is 1. The van der Waals surface area contributed by atoms with Crippen LogP contribution in [0.4, 0.5) is 8.78 Å². The van der Waals surface area contributed by atoms with Crippen molar-refractivity contribution in [3.8, 4) is 0 Å². The second-order valence-electron chi connectivity index (χ2n) is 6.64. The highest BCUT2D eigenvalue weighted by molar-refractivity contribution is 6.03. The van der Waals surface area contributed by atoms with Crippen LogP contribution in [-0.4, -0.2) is 24.8 Å². The van der Waals surface area contributed by atoms with E-state index < -0.39 is 17.0 Å². The van der Waals surface area contributed by atoms with Gasteiger partial charge in [-0.3, -0.25) is 4.79 Å². The van der Waals surface area contributed by atoms with Gasteiger partial charge in [0.25, 0.3) is 0 Å². The summed E-state index contributed by atoms with van der Waals surface area (Å²) < 4.78 is 26.9. The molecule has 1 unspecified atom stereocenters. The fourth-order valence-corrected chi connectivity index (χ4v) is 3.00. The molecular weight excluding hydrogens is 272 g/mol. The number of nitrogens with zero attached hydrogens (tertiary/aromatic N) is 1. The quantitative estimate of drug-likeness (QED) is 0.773. The van der Waals surface area contributed by atoms with E-state index in [2.05, 4.69) is 0 Å². The number of ketones is 1. The highest BCUT2D eigenvalue weighted by Gasteiger charge is 2.44. The second kappa shape index (κ2) is 5.24. The molecule has 1 aliphatic carbocycles. The van der Waals surface area contributed by atoms with Crippen LogP contribution in [0.15, 0.2) is 23.9 Å².